The number of hydrogen-bond acceptors (Lipinski definition) is 2. The van der Waals surface area contributed by atoms with E-state index >= 15 is 0 Å². The topological polar surface area (TPSA) is 46.2 Å². The largest absolute Gasteiger partial charge is 0.326 e. The molecular weight excluding hydrogens is 262 g/mol. The third-order valence-corrected chi connectivity index (χ3v) is 2.80. The fraction of sp³-hybridized carbons (Fsp3) is 0.0667. The first kappa shape index (κ1) is 13.3. The Morgan fingerprint density at radius 2 is 1.79 bits per heavy atom. The van der Waals surface area contributed by atoms with Crippen LogP contribution < -0.4 is 5.32 Å². The lowest BCUT2D eigenvalue weighted by atomic mass is 10.0. The van der Waals surface area contributed by atoms with E-state index < -0.39 is 0 Å². The van der Waals surface area contributed by atoms with Crippen LogP contribution in [0.15, 0.2) is 48.5 Å². The molecule has 3 nitrogen and oxygen atoms in total. The highest BCUT2D eigenvalue weighted by molar-refractivity contribution is 6.31. The molecule has 2 aromatic carbocycles. The molecule has 0 saturated carbocycles. The molecule has 0 heterocycles. The number of carbonyl (C=O) groups is 2. The molecule has 4 heteroatoms. The van der Waals surface area contributed by atoms with Gasteiger partial charge in [0.15, 0.2) is 5.78 Å². The molecular formula is C15H12ClNO2. The molecule has 0 radical (unpaired) electrons. The molecule has 19 heavy (non-hydrogen) atoms. The molecule has 2 aromatic rings. The molecule has 1 N–H and O–H groups in total. The Bertz CT molecular complexity index is 638. The van der Waals surface area contributed by atoms with Gasteiger partial charge in [0.25, 0.3) is 0 Å². The molecule has 0 fully saturated rings. The zero-order valence-corrected chi connectivity index (χ0v) is 11.1. The highest BCUT2D eigenvalue weighted by Gasteiger charge is 2.14. The van der Waals surface area contributed by atoms with Crippen LogP contribution in [-0.4, -0.2) is 11.7 Å². The summed E-state index contributed by atoms with van der Waals surface area (Å²) in [4.78, 5) is 23.5. The Balaban J connectivity index is 2.41. The number of rotatable bonds is 3. The van der Waals surface area contributed by atoms with Crippen LogP contribution in [0.2, 0.25) is 5.02 Å². The van der Waals surface area contributed by atoms with E-state index in [9.17, 15) is 9.59 Å². The van der Waals surface area contributed by atoms with E-state index in [1.54, 1.807) is 48.5 Å². The maximum absolute atomic E-state index is 12.4. The van der Waals surface area contributed by atoms with Gasteiger partial charge in [0, 0.05) is 23.1 Å². The molecule has 96 valence electrons. The number of benzene rings is 2. The monoisotopic (exact) mass is 273 g/mol. The van der Waals surface area contributed by atoms with Crippen LogP contribution >= 0.6 is 11.6 Å². The SMILES string of the molecule is CC(=O)Nc1ccccc1C(=O)c1cccc(Cl)c1. The maximum Gasteiger partial charge on any atom is 0.221 e. The quantitative estimate of drug-likeness (QED) is 0.870. The van der Waals surface area contributed by atoms with Crippen molar-refractivity contribution in [3.8, 4) is 0 Å². The standard InChI is InChI=1S/C15H12ClNO2/c1-10(18)17-14-8-3-2-7-13(14)15(19)11-5-4-6-12(16)9-11/h2-9H,1H3,(H,17,18). The van der Waals surface area contributed by atoms with Gasteiger partial charge in [0.05, 0.1) is 5.69 Å². The number of anilines is 1. The number of carbonyl (C=O) groups excluding carboxylic acids is 2. The van der Waals surface area contributed by atoms with Gasteiger partial charge in [0.1, 0.15) is 0 Å². The van der Waals surface area contributed by atoms with Gasteiger partial charge >= 0.3 is 0 Å². The van der Waals surface area contributed by atoms with E-state index in [0.717, 1.165) is 0 Å². The number of nitrogens with one attached hydrogen (secondary N) is 1. The summed E-state index contributed by atoms with van der Waals surface area (Å²) in [5, 5.41) is 3.15. The van der Waals surface area contributed by atoms with Crippen molar-refractivity contribution >= 4 is 29.0 Å². The molecule has 1 amide bonds. The third kappa shape index (κ3) is 3.20. The zero-order chi connectivity index (χ0) is 13.8. The smallest absolute Gasteiger partial charge is 0.221 e. The lowest BCUT2D eigenvalue weighted by Gasteiger charge is -2.09. The molecule has 0 aliphatic carbocycles. The average Bonchev–Trinajstić information content (AvgIpc) is 2.38. The molecule has 0 atom stereocenters. The fourth-order valence-corrected chi connectivity index (χ4v) is 1.96. The first-order chi connectivity index (χ1) is 9.08. The third-order valence-electron chi connectivity index (χ3n) is 2.57. The second kappa shape index (κ2) is 5.67. The van der Waals surface area contributed by atoms with Crippen molar-refractivity contribution in [3.05, 3.63) is 64.7 Å². The van der Waals surface area contributed by atoms with Crippen LogP contribution in [0.5, 0.6) is 0 Å². The van der Waals surface area contributed by atoms with Crippen LogP contribution in [0.1, 0.15) is 22.8 Å². The minimum absolute atomic E-state index is 0.174. The van der Waals surface area contributed by atoms with Crippen molar-refractivity contribution in [2.24, 2.45) is 0 Å². The lowest BCUT2D eigenvalue weighted by molar-refractivity contribution is -0.114. The van der Waals surface area contributed by atoms with Crippen LogP contribution in [0, 0.1) is 0 Å². The van der Waals surface area contributed by atoms with Crippen molar-refractivity contribution in [2.75, 3.05) is 5.32 Å². The number of halogens is 1. The molecule has 0 aliphatic rings. The fourth-order valence-electron chi connectivity index (χ4n) is 1.76. The van der Waals surface area contributed by atoms with Gasteiger partial charge in [-0.15, -0.1) is 0 Å². The summed E-state index contributed by atoms with van der Waals surface area (Å²) in [5.41, 5.74) is 1.44. The Labute approximate surface area is 116 Å². The maximum atomic E-state index is 12.4. The summed E-state index contributed by atoms with van der Waals surface area (Å²) >= 11 is 5.88. The van der Waals surface area contributed by atoms with Crippen molar-refractivity contribution in [1.82, 2.24) is 0 Å². The van der Waals surface area contributed by atoms with E-state index in [1.807, 2.05) is 0 Å². The molecule has 0 saturated heterocycles. The van der Waals surface area contributed by atoms with Gasteiger partial charge in [-0.2, -0.15) is 0 Å². The Morgan fingerprint density at radius 1 is 1.05 bits per heavy atom. The minimum Gasteiger partial charge on any atom is -0.326 e. The predicted molar refractivity (Wildman–Crippen MR) is 75.6 cm³/mol. The zero-order valence-electron chi connectivity index (χ0n) is 10.3. The Morgan fingerprint density at radius 3 is 2.47 bits per heavy atom. The predicted octanol–water partition coefficient (Wildman–Crippen LogP) is 3.53. The Hall–Kier alpha value is -2.13. The van der Waals surface area contributed by atoms with E-state index in [-0.39, 0.29) is 11.7 Å². The van der Waals surface area contributed by atoms with Crippen LogP contribution in [-0.2, 0) is 4.79 Å². The molecule has 0 unspecified atom stereocenters. The highest BCUT2D eigenvalue weighted by Crippen LogP contribution is 2.21. The second-order valence-electron chi connectivity index (χ2n) is 4.07. The van der Waals surface area contributed by atoms with Gasteiger partial charge in [-0.05, 0) is 24.3 Å². The van der Waals surface area contributed by atoms with Crippen molar-refractivity contribution in [2.45, 2.75) is 6.92 Å². The molecule has 0 spiro atoms. The summed E-state index contributed by atoms with van der Waals surface area (Å²) in [5.74, 6) is -0.391. The second-order valence-corrected chi connectivity index (χ2v) is 4.50. The summed E-state index contributed by atoms with van der Waals surface area (Å²) in [6.45, 7) is 1.40. The number of amides is 1. The first-order valence-electron chi connectivity index (χ1n) is 5.75. The average molecular weight is 274 g/mol. The Kier molecular flexibility index (Phi) is 3.97. The van der Waals surface area contributed by atoms with E-state index in [1.165, 1.54) is 6.92 Å². The number of ketones is 1. The number of hydrogen-bond donors (Lipinski definition) is 1. The number of para-hydroxylation sites is 1. The van der Waals surface area contributed by atoms with E-state index in [2.05, 4.69) is 5.32 Å². The lowest BCUT2D eigenvalue weighted by Crippen LogP contribution is -2.11. The van der Waals surface area contributed by atoms with Gasteiger partial charge in [-0.1, -0.05) is 35.9 Å². The van der Waals surface area contributed by atoms with Gasteiger partial charge in [-0.25, -0.2) is 0 Å². The summed E-state index contributed by atoms with van der Waals surface area (Å²) in [7, 11) is 0. The summed E-state index contributed by atoms with van der Waals surface area (Å²) < 4.78 is 0. The van der Waals surface area contributed by atoms with E-state index in [4.69, 9.17) is 11.6 Å². The van der Waals surface area contributed by atoms with Crippen molar-refractivity contribution in [3.63, 3.8) is 0 Å². The van der Waals surface area contributed by atoms with Crippen molar-refractivity contribution in [1.29, 1.82) is 0 Å². The molecule has 2 rings (SSSR count). The molecule has 0 bridgehead atoms. The molecule has 0 aliphatic heterocycles. The highest BCUT2D eigenvalue weighted by atomic mass is 35.5. The first-order valence-corrected chi connectivity index (χ1v) is 6.12. The van der Waals surface area contributed by atoms with Gasteiger partial charge in [-0.3, -0.25) is 9.59 Å². The van der Waals surface area contributed by atoms with Crippen LogP contribution in [0.3, 0.4) is 0 Å². The summed E-state index contributed by atoms with van der Waals surface area (Å²) in [6, 6.07) is 13.6. The van der Waals surface area contributed by atoms with Crippen molar-refractivity contribution < 1.29 is 9.59 Å². The van der Waals surface area contributed by atoms with Gasteiger partial charge < -0.3 is 5.32 Å². The van der Waals surface area contributed by atoms with Crippen LogP contribution in [0.4, 0.5) is 5.69 Å². The summed E-state index contributed by atoms with van der Waals surface area (Å²) in [6.07, 6.45) is 0. The minimum atomic E-state index is -0.216. The molecule has 0 aromatic heterocycles. The normalized spacial score (nSPS) is 10.0. The van der Waals surface area contributed by atoms with Gasteiger partial charge in [0.2, 0.25) is 5.91 Å². The van der Waals surface area contributed by atoms with Crippen LogP contribution in [0.25, 0.3) is 0 Å². The van der Waals surface area contributed by atoms with E-state index in [0.29, 0.717) is 21.8 Å².